The molecule has 0 fully saturated rings. The molecule has 1 heterocycles. The number of anilines is 2. The molecule has 5 heteroatoms. The summed E-state index contributed by atoms with van der Waals surface area (Å²) in [5.74, 6) is -0.345. The van der Waals surface area contributed by atoms with Gasteiger partial charge in [-0.3, -0.25) is 4.79 Å². The lowest BCUT2D eigenvalue weighted by atomic mass is 10.1. The molecule has 0 atom stereocenters. The lowest BCUT2D eigenvalue weighted by Crippen LogP contribution is -2.32. The Morgan fingerprint density at radius 2 is 2.05 bits per heavy atom. The van der Waals surface area contributed by atoms with Gasteiger partial charge in [0.05, 0.1) is 17.9 Å². The van der Waals surface area contributed by atoms with E-state index in [0.29, 0.717) is 36.7 Å². The smallest absolute Gasteiger partial charge is 0.261 e. The molecule has 2 aromatic rings. The van der Waals surface area contributed by atoms with Gasteiger partial charge in [-0.2, -0.15) is 0 Å². The van der Waals surface area contributed by atoms with E-state index in [1.807, 2.05) is 12.1 Å². The minimum Gasteiger partial charge on any atom is -0.491 e. The number of halogens is 1. The molecule has 0 radical (unpaired) electrons. The summed E-state index contributed by atoms with van der Waals surface area (Å²) in [5.41, 5.74) is 6.65. The lowest BCUT2D eigenvalue weighted by molar-refractivity contribution is 0.0983. The lowest BCUT2D eigenvalue weighted by Gasteiger charge is -2.22. The Morgan fingerprint density at radius 3 is 2.90 bits per heavy atom. The van der Waals surface area contributed by atoms with Gasteiger partial charge in [0.2, 0.25) is 0 Å². The molecule has 0 saturated heterocycles. The third kappa shape index (κ3) is 2.54. The van der Waals surface area contributed by atoms with Crippen LogP contribution < -0.4 is 15.4 Å². The van der Waals surface area contributed by atoms with E-state index >= 15 is 0 Å². The summed E-state index contributed by atoms with van der Waals surface area (Å²) in [4.78, 5) is 14.2. The van der Waals surface area contributed by atoms with E-state index in [4.69, 9.17) is 10.5 Å². The van der Waals surface area contributed by atoms with E-state index in [2.05, 4.69) is 0 Å². The topological polar surface area (TPSA) is 55.6 Å². The Hall–Kier alpha value is -2.56. The van der Waals surface area contributed by atoms with Gasteiger partial charge in [0.15, 0.2) is 0 Å². The normalized spacial score (nSPS) is 14.0. The number of carbonyl (C=O) groups excluding carboxylic acids is 1. The minimum absolute atomic E-state index is 0.0216. The van der Waals surface area contributed by atoms with Crippen molar-refractivity contribution in [1.29, 1.82) is 0 Å². The van der Waals surface area contributed by atoms with Gasteiger partial charge in [0.1, 0.15) is 11.6 Å². The third-order valence-corrected chi connectivity index (χ3v) is 3.41. The van der Waals surface area contributed by atoms with Crippen LogP contribution in [0.2, 0.25) is 0 Å². The van der Waals surface area contributed by atoms with Gasteiger partial charge >= 0.3 is 0 Å². The summed E-state index contributed by atoms with van der Waals surface area (Å²) in [7, 11) is 0. The fourth-order valence-corrected chi connectivity index (χ4v) is 2.39. The van der Waals surface area contributed by atoms with Crippen LogP contribution in [0.5, 0.6) is 5.75 Å². The number of nitrogens with zero attached hydrogens (tertiary/aromatic N) is 1. The quantitative estimate of drug-likeness (QED) is 0.820. The molecule has 0 saturated carbocycles. The predicted molar refractivity (Wildman–Crippen MR) is 79.0 cm³/mol. The van der Waals surface area contributed by atoms with Crippen molar-refractivity contribution in [2.24, 2.45) is 0 Å². The molecule has 21 heavy (non-hydrogen) atoms. The van der Waals surface area contributed by atoms with Gasteiger partial charge in [-0.25, -0.2) is 4.39 Å². The summed E-state index contributed by atoms with van der Waals surface area (Å²) in [5, 5.41) is 0. The summed E-state index contributed by atoms with van der Waals surface area (Å²) in [6.45, 7) is 1.00. The molecule has 0 aliphatic carbocycles. The first-order valence-electron chi connectivity index (χ1n) is 6.75. The van der Waals surface area contributed by atoms with Crippen LogP contribution in [-0.2, 0) is 0 Å². The zero-order valence-corrected chi connectivity index (χ0v) is 11.4. The van der Waals surface area contributed by atoms with Gasteiger partial charge in [0.25, 0.3) is 5.91 Å². The predicted octanol–water partition coefficient (Wildman–Crippen LogP) is 2.84. The largest absolute Gasteiger partial charge is 0.491 e. The van der Waals surface area contributed by atoms with Gasteiger partial charge in [0, 0.05) is 12.2 Å². The van der Waals surface area contributed by atoms with Crippen molar-refractivity contribution in [3.8, 4) is 5.75 Å². The van der Waals surface area contributed by atoms with Crippen LogP contribution in [0.1, 0.15) is 16.8 Å². The van der Waals surface area contributed by atoms with E-state index in [1.165, 1.54) is 18.2 Å². The van der Waals surface area contributed by atoms with Crippen LogP contribution in [-0.4, -0.2) is 19.1 Å². The van der Waals surface area contributed by atoms with Gasteiger partial charge in [-0.1, -0.05) is 12.1 Å². The van der Waals surface area contributed by atoms with Crippen LogP contribution in [0, 0.1) is 5.82 Å². The van der Waals surface area contributed by atoms with E-state index in [9.17, 15) is 9.18 Å². The molecule has 2 N–H and O–H groups in total. The average Bonchev–Trinajstić information content (AvgIpc) is 2.71. The van der Waals surface area contributed by atoms with Crippen molar-refractivity contribution >= 4 is 17.3 Å². The Balaban J connectivity index is 2.03. The van der Waals surface area contributed by atoms with Crippen LogP contribution in [0.3, 0.4) is 0 Å². The van der Waals surface area contributed by atoms with E-state index in [-0.39, 0.29) is 5.56 Å². The Kier molecular flexibility index (Phi) is 3.48. The monoisotopic (exact) mass is 286 g/mol. The van der Waals surface area contributed by atoms with E-state index < -0.39 is 11.7 Å². The number of nitrogen functional groups attached to an aromatic ring is 1. The third-order valence-electron chi connectivity index (χ3n) is 3.41. The zero-order valence-electron chi connectivity index (χ0n) is 11.4. The molecule has 1 aliphatic heterocycles. The van der Waals surface area contributed by atoms with Crippen LogP contribution in [0.25, 0.3) is 0 Å². The second kappa shape index (κ2) is 5.44. The van der Waals surface area contributed by atoms with Crippen LogP contribution >= 0.6 is 0 Å². The van der Waals surface area contributed by atoms with Gasteiger partial charge < -0.3 is 15.4 Å². The van der Waals surface area contributed by atoms with Crippen LogP contribution in [0.15, 0.2) is 42.5 Å². The Morgan fingerprint density at radius 1 is 1.24 bits per heavy atom. The molecule has 108 valence electrons. The first-order valence-corrected chi connectivity index (χ1v) is 6.75. The molecule has 1 amide bonds. The molecule has 0 aromatic heterocycles. The van der Waals surface area contributed by atoms with Crippen molar-refractivity contribution in [2.45, 2.75) is 6.42 Å². The Labute approximate surface area is 121 Å². The number of nitrogens with two attached hydrogens (primary N) is 1. The van der Waals surface area contributed by atoms with E-state index in [1.54, 1.807) is 17.0 Å². The summed E-state index contributed by atoms with van der Waals surface area (Å²) in [6.07, 6.45) is 0.685. The summed E-state index contributed by atoms with van der Waals surface area (Å²) in [6, 6.07) is 11.3. The number of para-hydroxylation sites is 2. The minimum atomic E-state index is -0.572. The highest BCUT2D eigenvalue weighted by Crippen LogP contribution is 2.32. The molecule has 3 rings (SSSR count). The standard InChI is InChI=1S/C16H15FN2O2/c17-13-7-6-11(18)10-12(13)16(20)19-8-3-9-21-15-5-2-1-4-14(15)19/h1-2,4-7,10H,3,8-9,18H2. The SMILES string of the molecule is Nc1ccc(F)c(C(=O)N2CCCOc3ccccc32)c1. The maximum absolute atomic E-state index is 13.9. The van der Waals surface area contributed by atoms with Crippen molar-refractivity contribution in [3.63, 3.8) is 0 Å². The highest BCUT2D eigenvalue weighted by atomic mass is 19.1. The number of benzene rings is 2. The van der Waals surface area contributed by atoms with Crippen molar-refractivity contribution in [3.05, 3.63) is 53.8 Å². The molecular weight excluding hydrogens is 271 g/mol. The molecule has 1 aliphatic rings. The first-order chi connectivity index (χ1) is 10.2. The fraction of sp³-hybridized carbons (Fsp3) is 0.188. The maximum atomic E-state index is 13.9. The number of carbonyl (C=O) groups is 1. The van der Waals surface area contributed by atoms with Crippen molar-refractivity contribution in [2.75, 3.05) is 23.8 Å². The number of amides is 1. The Bertz CT molecular complexity index is 688. The molecular formula is C16H15FN2O2. The first kappa shape index (κ1) is 13.4. The highest BCUT2D eigenvalue weighted by molar-refractivity contribution is 6.07. The van der Waals surface area contributed by atoms with E-state index in [0.717, 1.165) is 0 Å². The number of ether oxygens (including phenoxy) is 1. The molecule has 2 aromatic carbocycles. The van der Waals surface area contributed by atoms with Gasteiger partial charge in [-0.05, 0) is 36.8 Å². The molecule has 0 unspecified atom stereocenters. The van der Waals surface area contributed by atoms with Crippen LogP contribution in [0.4, 0.5) is 15.8 Å². The zero-order chi connectivity index (χ0) is 14.8. The molecule has 0 spiro atoms. The maximum Gasteiger partial charge on any atom is 0.261 e. The molecule has 0 bridgehead atoms. The number of hydrogen-bond donors (Lipinski definition) is 1. The number of fused-ring (bicyclic) bond motifs is 1. The van der Waals surface area contributed by atoms with Crippen molar-refractivity contribution in [1.82, 2.24) is 0 Å². The number of hydrogen-bond acceptors (Lipinski definition) is 3. The fourth-order valence-electron chi connectivity index (χ4n) is 2.39. The second-order valence-corrected chi connectivity index (χ2v) is 4.87. The number of rotatable bonds is 1. The molecule has 4 nitrogen and oxygen atoms in total. The summed E-state index contributed by atoms with van der Waals surface area (Å²) < 4.78 is 19.5. The van der Waals surface area contributed by atoms with Crippen molar-refractivity contribution < 1.29 is 13.9 Å². The average molecular weight is 286 g/mol. The second-order valence-electron chi connectivity index (χ2n) is 4.87. The van der Waals surface area contributed by atoms with Gasteiger partial charge in [-0.15, -0.1) is 0 Å². The highest BCUT2D eigenvalue weighted by Gasteiger charge is 2.25. The summed E-state index contributed by atoms with van der Waals surface area (Å²) >= 11 is 0.